The van der Waals surface area contributed by atoms with Gasteiger partial charge in [0.25, 0.3) is 0 Å². The molecule has 1 aliphatic heterocycles. The Bertz CT molecular complexity index is 499. The topological polar surface area (TPSA) is 114 Å². The summed E-state index contributed by atoms with van der Waals surface area (Å²) in [5.41, 5.74) is 5.30. The van der Waals surface area contributed by atoms with Gasteiger partial charge >= 0.3 is 5.69 Å². The summed E-state index contributed by atoms with van der Waals surface area (Å²) in [4.78, 5) is 27.7. The van der Waals surface area contributed by atoms with Crippen molar-refractivity contribution in [2.24, 2.45) is 0 Å². The molecule has 1 amide bonds. The van der Waals surface area contributed by atoms with Gasteiger partial charge in [-0.25, -0.2) is 4.98 Å². The van der Waals surface area contributed by atoms with E-state index in [9.17, 15) is 14.9 Å². The van der Waals surface area contributed by atoms with Gasteiger partial charge in [-0.05, 0) is 18.9 Å². The minimum Gasteiger partial charge on any atom is -0.384 e. The Morgan fingerprint density at radius 2 is 2.16 bits per heavy atom. The largest absolute Gasteiger partial charge is 0.384 e. The molecule has 0 unspecified atom stereocenters. The molecule has 0 radical (unpaired) electrons. The van der Waals surface area contributed by atoms with Crippen molar-refractivity contribution in [3.8, 4) is 0 Å². The van der Waals surface area contributed by atoms with Crippen molar-refractivity contribution in [1.29, 1.82) is 0 Å². The number of nitrogen functional groups attached to an aromatic ring is 1. The zero-order chi connectivity index (χ0) is 13.8. The fraction of sp³-hybridized carbons (Fsp3) is 0.455. The highest BCUT2D eigenvalue weighted by Crippen LogP contribution is 2.22. The van der Waals surface area contributed by atoms with Gasteiger partial charge in [-0.1, -0.05) is 0 Å². The smallest absolute Gasteiger partial charge is 0.311 e. The standard InChI is InChI=1S/C11H15N5O3/c12-9-4-3-8(16(18)19)11(14-9)13-7-10(17)15-5-1-2-6-15/h3-4H,1-2,5-7H2,(H3,12,13,14). The number of rotatable bonds is 4. The molecule has 2 rings (SSSR count). The van der Waals surface area contributed by atoms with E-state index in [1.54, 1.807) is 4.90 Å². The number of hydrogen-bond acceptors (Lipinski definition) is 6. The van der Waals surface area contributed by atoms with E-state index in [2.05, 4.69) is 10.3 Å². The number of anilines is 2. The van der Waals surface area contributed by atoms with Crippen molar-refractivity contribution >= 4 is 23.2 Å². The Hall–Kier alpha value is -2.38. The molecule has 8 nitrogen and oxygen atoms in total. The summed E-state index contributed by atoms with van der Waals surface area (Å²) in [6.07, 6.45) is 2.00. The zero-order valence-corrected chi connectivity index (χ0v) is 10.3. The Morgan fingerprint density at radius 1 is 1.47 bits per heavy atom. The Morgan fingerprint density at radius 3 is 2.79 bits per heavy atom. The van der Waals surface area contributed by atoms with Gasteiger partial charge in [-0.3, -0.25) is 14.9 Å². The fourth-order valence-corrected chi connectivity index (χ4v) is 1.98. The predicted molar refractivity (Wildman–Crippen MR) is 69.6 cm³/mol. The van der Waals surface area contributed by atoms with Crippen LogP contribution in [0.4, 0.5) is 17.3 Å². The first-order valence-corrected chi connectivity index (χ1v) is 6.00. The highest BCUT2D eigenvalue weighted by molar-refractivity contribution is 5.81. The minimum atomic E-state index is -0.560. The number of pyridine rings is 1. The molecule has 0 aromatic carbocycles. The maximum Gasteiger partial charge on any atom is 0.311 e. The second-order valence-corrected chi connectivity index (χ2v) is 4.30. The molecule has 1 aromatic heterocycles. The normalized spacial score (nSPS) is 14.4. The van der Waals surface area contributed by atoms with Crippen LogP contribution in [0.2, 0.25) is 0 Å². The van der Waals surface area contributed by atoms with Gasteiger partial charge in [0, 0.05) is 19.2 Å². The van der Waals surface area contributed by atoms with Crippen molar-refractivity contribution in [2.45, 2.75) is 12.8 Å². The molecule has 1 saturated heterocycles. The number of aromatic nitrogens is 1. The van der Waals surface area contributed by atoms with Crippen LogP contribution < -0.4 is 11.1 Å². The average molecular weight is 265 g/mol. The molecule has 3 N–H and O–H groups in total. The maximum atomic E-state index is 11.8. The summed E-state index contributed by atoms with van der Waals surface area (Å²) >= 11 is 0. The van der Waals surface area contributed by atoms with E-state index in [4.69, 9.17) is 5.73 Å². The van der Waals surface area contributed by atoms with Crippen LogP contribution >= 0.6 is 0 Å². The van der Waals surface area contributed by atoms with Crippen LogP contribution in [0.3, 0.4) is 0 Å². The van der Waals surface area contributed by atoms with E-state index in [0.717, 1.165) is 25.9 Å². The molecule has 0 saturated carbocycles. The number of carbonyl (C=O) groups is 1. The minimum absolute atomic E-state index is 0.0166. The number of nitrogens with zero attached hydrogens (tertiary/aromatic N) is 3. The van der Waals surface area contributed by atoms with Crippen LogP contribution in [0.5, 0.6) is 0 Å². The summed E-state index contributed by atoms with van der Waals surface area (Å²) in [5.74, 6) is 0.107. The van der Waals surface area contributed by atoms with Crippen LogP contribution in [0, 0.1) is 10.1 Å². The van der Waals surface area contributed by atoms with Crippen molar-refractivity contribution in [3.63, 3.8) is 0 Å². The van der Waals surface area contributed by atoms with Gasteiger partial charge in [0.1, 0.15) is 5.82 Å². The van der Waals surface area contributed by atoms with Crippen molar-refractivity contribution in [3.05, 3.63) is 22.2 Å². The molecule has 1 aromatic rings. The average Bonchev–Trinajstić information content (AvgIpc) is 2.89. The lowest BCUT2D eigenvalue weighted by Gasteiger charge is -2.15. The lowest BCUT2D eigenvalue weighted by molar-refractivity contribution is -0.384. The van der Waals surface area contributed by atoms with Crippen molar-refractivity contribution in [1.82, 2.24) is 9.88 Å². The molecular weight excluding hydrogens is 250 g/mol. The number of nitrogens with one attached hydrogen (secondary N) is 1. The van der Waals surface area contributed by atoms with E-state index in [0.29, 0.717) is 0 Å². The summed E-state index contributed by atoms with van der Waals surface area (Å²) in [7, 11) is 0. The maximum absolute atomic E-state index is 11.8. The van der Waals surface area contributed by atoms with E-state index in [1.165, 1.54) is 12.1 Å². The van der Waals surface area contributed by atoms with Crippen LogP contribution in [0.25, 0.3) is 0 Å². The van der Waals surface area contributed by atoms with Crippen molar-refractivity contribution < 1.29 is 9.72 Å². The third-order valence-corrected chi connectivity index (χ3v) is 2.96. The molecule has 0 spiro atoms. The lowest BCUT2D eigenvalue weighted by atomic mass is 10.3. The summed E-state index contributed by atoms with van der Waals surface area (Å²) < 4.78 is 0. The molecule has 0 aliphatic carbocycles. The van der Waals surface area contributed by atoms with Crippen LogP contribution in [0.1, 0.15) is 12.8 Å². The third kappa shape index (κ3) is 3.09. The first-order chi connectivity index (χ1) is 9.08. The predicted octanol–water partition coefficient (Wildman–Crippen LogP) is 0.606. The molecule has 1 fully saturated rings. The van der Waals surface area contributed by atoms with E-state index >= 15 is 0 Å². The van der Waals surface area contributed by atoms with E-state index in [-0.39, 0.29) is 29.8 Å². The Labute approximate surface area is 109 Å². The first kappa shape index (κ1) is 13.1. The second-order valence-electron chi connectivity index (χ2n) is 4.30. The molecule has 0 bridgehead atoms. The van der Waals surface area contributed by atoms with E-state index < -0.39 is 4.92 Å². The SMILES string of the molecule is Nc1ccc([N+](=O)[O-])c(NCC(=O)N2CCCC2)n1. The van der Waals surface area contributed by atoms with Gasteiger partial charge in [0.2, 0.25) is 11.7 Å². The summed E-state index contributed by atoms with van der Waals surface area (Å²) in [6.45, 7) is 1.47. The zero-order valence-electron chi connectivity index (χ0n) is 10.3. The van der Waals surface area contributed by atoms with Gasteiger partial charge in [0.15, 0.2) is 0 Å². The molecule has 2 heterocycles. The van der Waals surface area contributed by atoms with Crippen LogP contribution in [-0.2, 0) is 4.79 Å². The van der Waals surface area contributed by atoms with Crippen LogP contribution in [0.15, 0.2) is 12.1 Å². The molecule has 19 heavy (non-hydrogen) atoms. The Kier molecular flexibility index (Phi) is 3.79. The molecule has 8 heteroatoms. The van der Waals surface area contributed by atoms with Gasteiger partial charge < -0.3 is 16.0 Å². The highest BCUT2D eigenvalue weighted by atomic mass is 16.6. The molecule has 1 aliphatic rings. The third-order valence-electron chi connectivity index (χ3n) is 2.96. The lowest BCUT2D eigenvalue weighted by Crippen LogP contribution is -2.33. The highest BCUT2D eigenvalue weighted by Gasteiger charge is 2.20. The van der Waals surface area contributed by atoms with Gasteiger partial charge in [-0.2, -0.15) is 0 Å². The number of hydrogen-bond donors (Lipinski definition) is 2. The van der Waals surface area contributed by atoms with Crippen LogP contribution in [-0.4, -0.2) is 40.3 Å². The summed E-state index contributed by atoms with van der Waals surface area (Å²) in [6, 6.07) is 2.62. The first-order valence-electron chi connectivity index (χ1n) is 6.00. The number of amides is 1. The number of nitrogens with two attached hydrogens (primary N) is 1. The molecule has 102 valence electrons. The number of carbonyl (C=O) groups excluding carboxylic acids is 1. The molecular formula is C11H15N5O3. The second kappa shape index (κ2) is 5.51. The quantitative estimate of drug-likeness (QED) is 0.608. The monoisotopic (exact) mass is 265 g/mol. The Balaban J connectivity index is 2.04. The number of nitro groups is 1. The summed E-state index contributed by atoms with van der Waals surface area (Å²) in [5, 5.41) is 13.5. The van der Waals surface area contributed by atoms with Gasteiger partial charge in [-0.15, -0.1) is 0 Å². The van der Waals surface area contributed by atoms with Gasteiger partial charge in [0.05, 0.1) is 11.5 Å². The van der Waals surface area contributed by atoms with Crippen molar-refractivity contribution in [2.75, 3.05) is 30.7 Å². The van der Waals surface area contributed by atoms with E-state index in [1.807, 2.05) is 0 Å². The molecule has 0 atom stereocenters. The number of likely N-dealkylation sites (tertiary alicyclic amines) is 1. The fourth-order valence-electron chi connectivity index (χ4n) is 1.98.